The minimum Gasteiger partial charge on any atom is -0.507 e. The molecule has 0 atom stereocenters. The smallest absolute Gasteiger partial charge is 0.255 e. The molecule has 0 aliphatic carbocycles. The van der Waals surface area contributed by atoms with Crippen LogP contribution in [0.15, 0.2) is 49.1 Å². The van der Waals surface area contributed by atoms with Gasteiger partial charge in [0.25, 0.3) is 5.91 Å². The Morgan fingerprint density at radius 3 is 2.75 bits per heavy atom. The molecule has 0 spiro atoms. The summed E-state index contributed by atoms with van der Waals surface area (Å²) >= 11 is 0. The Balaban J connectivity index is 1.88. The number of allylic oxidation sites excluding steroid dienone is 1. The Hall–Kier alpha value is -2.75. The normalized spacial score (nSPS) is 13.0. The molecule has 3 rings (SSSR count). The maximum atomic E-state index is 12.9. The highest BCUT2D eigenvalue weighted by Gasteiger charge is 2.33. The number of carbonyl (C=O) groups is 1. The van der Waals surface area contributed by atoms with E-state index < -0.39 is 0 Å². The molecule has 0 radical (unpaired) electrons. The van der Waals surface area contributed by atoms with Crippen LogP contribution < -0.4 is 4.74 Å². The lowest BCUT2D eigenvalue weighted by Gasteiger charge is -2.15. The van der Waals surface area contributed by atoms with E-state index in [1.165, 1.54) is 5.56 Å². The van der Waals surface area contributed by atoms with Crippen molar-refractivity contribution in [1.82, 2.24) is 4.90 Å². The van der Waals surface area contributed by atoms with Gasteiger partial charge in [-0.1, -0.05) is 36.4 Å². The van der Waals surface area contributed by atoms with E-state index in [-0.39, 0.29) is 11.7 Å². The third-order valence-corrected chi connectivity index (χ3v) is 4.41. The summed E-state index contributed by atoms with van der Waals surface area (Å²) in [5, 5.41) is 10.2. The van der Waals surface area contributed by atoms with Crippen molar-refractivity contribution < 1.29 is 14.6 Å². The fourth-order valence-corrected chi connectivity index (χ4v) is 3.19. The SMILES string of the molecule is C=CCc1c(O)cc(OC)c2c1C(=O)N(CCc1ccccc1)C2. The number of aromatic hydroxyl groups is 1. The third-order valence-electron chi connectivity index (χ3n) is 4.41. The average Bonchev–Trinajstić information content (AvgIpc) is 2.93. The number of ether oxygens (including phenoxy) is 1. The van der Waals surface area contributed by atoms with E-state index in [1.807, 2.05) is 23.1 Å². The minimum atomic E-state index is -0.0491. The van der Waals surface area contributed by atoms with E-state index in [4.69, 9.17) is 4.74 Å². The number of phenolic OH excluding ortho intramolecular Hbond substituents is 1. The van der Waals surface area contributed by atoms with Gasteiger partial charge in [0.05, 0.1) is 19.2 Å². The van der Waals surface area contributed by atoms with Gasteiger partial charge in [-0.2, -0.15) is 0 Å². The molecule has 1 amide bonds. The number of nitrogens with zero attached hydrogens (tertiary/aromatic N) is 1. The van der Waals surface area contributed by atoms with Gasteiger partial charge in [0.15, 0.2) is 0 Å². The number of hydrogen-bond donors (Lipinski definition) is 1. The zero-order valence-electron chi connectivity index (χ0n) is 13.8. The molecule has 2 aromatic rings. The highest BCUT2D eigenvalue weighted by atomic mass is 16.5. The summed E-state index contributed by atoms with van der Waals surface area (Å²) in [6.07, 6.45) is 2.95. The molecule has 1 aliphatic heterocycles. The van der Waals surface area contributed by atoms with Crippen LogP contribution in [0.25, 0.3) is 0 Å². The molecular formula is C20H21NO3. The van der Waals surface area contributed by atoms with Crippen molar-refractivity contribution in [3.8, 4) is 11.5 Å². The molecule has 1 N–H and O–H groups in total. The average molecular weight is 323 g/mol. The van der Waals surface area contributed by atoms with Crippen LogP contribution in [0.2, 0.25) is 0 Å². The fraction of sp³-hybridized carbons (Fsp3) is 0.250. The molecule has 0 bridgehead atoms. The Morgan fingerprint density at radius 1 is 1.33 bits per heavy atom. The second kappa shape index (κ2) is 6.79. The van der Waals surface area contributed by atoms with Gasteiger partial charge in [0, 0.05) is 23.7 Å². The molecule has 0 aromatic heterocycles. The first kappa shape index (κ1) is 16.1. The summed E-state index contributed by atoms with van der Waals surface area (Å²) in [4.78, 5) is 14.7. The largest absolute Gasteiger partial charge is 0.507 e. The predicted molar refractivity (Wildman–Crippen MR) is 93.4 cm³/mol. The molecule has 2 aromatic carbocycles. The van der Waals surface area contributed by atoms with Crippen LogP contribution in [0.4, 0.5) is 0 Å². The second-order valence-corrected chi connectivity index (χ2v) is 5.89. The van der Waals surface area contributed by atoms with E-state index in [0.717, 1.165) is 12.0 Å². The number of amides is 1. The Labute approximate surface area is 142 Å². The third kappa shape index (κ3) is 2.87. The molecule has 0 fully saturated rings. The van der Waals surface area contributed by atoms with Crippen LogP contribution in [0.5, 0.6) is 11.5 Å². The first-order valence-corrected chi connectivity index (χ1v) is 8.01. The summed E-state index contributed by atoms with van der Waals surface area (Å²) in [6.45, 7) is 4.86. The van der Waals surface area contributed by atoms with Crippen molar-refractivity contribution in [2.24, 2.45) is 0 Å². The quantitative estimate of drug-likeness (QED) is 0.830. The zero-order valence-corrected chi connectivity index (χ0v) is 13.8. The van der Waals surface area contributed by atoms with Crippen molar-refractivity contribution in [2.45, 2.75) is 19.4 Å². The number of benzene rings is 2. The van der Waals surface area contributed by atoms with Gasteiger partial charge in [-0.3, -0.25) is 4.79 Å². The second-order valence-electron chi connectivity index (χ2n) is 5.89. The van der Waals surface area contributed by atoms with Crippen LogP contribution in [-0.2, 0) is 19.4 Å². The number of phenols is 1. The topological polar surface area (TPSA) is 49.8 Å². The van der Waals surface area contributed by atoms with E-state index in [2.05, 4.69) is 18.7 Å². The first-order valence-electron chi connectivity index (χ1n) is 8.01. The van der Waals surface area contributed by atoms with Crippen molar-refractivity contribution in [1.29, 1.82) is 0 Å². The molecule has 0 saturated carbocycles. The highest BCUT2D eigenvalue weighted by molar-refractivity contribution is 6.01. The van der Waals surface area contributed by atoms with Crippen LogP contribution in [0, 0.1) is 0 Å². The predicted octanol–water partition coefficient (Wildman–Crippen LogP) is 3.33. The van der Waals surface area contributed by atoms with E-state index in [0.29, 0.717) is 36.4 Å². The molecule has 1 heterocycles. The molecule has 1 aliphatic rings. The van der Waals surface area contributed by atoms with Crippen molar-refractivity contribution in [3.63, 3.8) is 0 Å². The van der Waals surface area contributed by atoms with Gasteiger partial charge < -0.3 is 14.7 Å². The van der Waals surface area contributed by atoms with E-state index >= 15 is 0 Å². The Bertz CT molecular complexity index is 768. The zero-order chi connectivity index (χ0) is 17.1. The maximum absolute atomic E-state index is 12.9. The summed E-state index contributed by atoms with van der Waals surface area (Å²) < 4.78 is 5.37. The Kier molecular flexibility index (Phi) is 4.56. The number of fused-ring (bicyclic) bond motifs is 1. The first-order chi connectivity index (χ1) is 11.7. The van der Waals surface area contributed by atoms with Gasteiger partial charge in [0.2, 0.25) is 0 Å². The molecule has 124 valence electrons. The van der Waals surface area contributed by atoms with Crippen LogP contribution in [0.1, 0.15) is 27.0 Å². The van der Waals surface area contributed by atoms with Gasteiger partial charge in [0.1, 0.15) is 11.5 Å². The highest BCUT2D eigenvalue weighted by Crippen LogP contribution is 2.39. The standard InChI is InChI=1S/C20H21NO3/c1-3-7-15-17(22)12-18(24-2)16-13-21(20(23)19(15)16)11-10-14-8-5-4-6-9-14/h3-6,8-9,12,22H,1,7,10-11,13H2,2H3. The van der Waals surface area contributed by atoms with Crippen LogP contribution in [0.3, 0.4) is 0 Å². The lowest BCUT2D eigenvalue weighted by molar-refractivity contribution is 0.0779. The number of rotatable bonds is 6. The summed E-state index contributed by atoms with van der Waals surface area (Å²) in [5.74, 6) is 0.599. The molecule has 0 saturated heterocycles. The molecular weight excluding hydrogens is 302 g/mol. The van der Waals surface area contributed by atoms with Crippen molar-refractivity contribution in [3.05, 3.63) is 71.3 Å². The monoisotopic (exact) mass is 323 g/mol. The lowest BCUT2D eigenvalue weighted by Crippen LogP contribution is -2.26. The van der Waals surface area contributed by atoms with Crippen LogP contribution >= 0.6 is 0 Å². The number of hydrogen-bond acceptors (Lipinski definition) is 3. The van der Waals surface area contributed by atoms with E-state index in [1.54, 1.807) is 19.3 Å². The molecule has 4 nitrogen and oxygen atoms in total. The van der Waals surface area contributed by atoms with Gasteiger partial charge in [-0.15, -0.1) is 6.58 Å². The minimum absolute atomic E-state index is 0.0491. The number of carbonyl (C=O) groups excluding carboxylic acids is 1. The summed E-state index contributed by atoms with van der Waals surface area (Å²) in [6, 6.07) is 11.7. The Morgan fingerprint density at radius 2 is 2.08 bits per heavy atom. The maximum Gasteiger partial charge on any atom is 0.255 e. The summed E-state index contributed by atoms with van der Waals surface area (Å²) in [5.41, 5.74) is 3.25. The van der Waals surface area contributed by atoms with Crippen molar-refractivity contribution >= 4 is 5.91 Å². The fourth-order valence-electron chi connectivity index (χ4n) is 3.19. The number of methoxy groups -OCH3 is 1. The van der Waals surface area contributed by atoms with Crippen LogP contribution in [-0.4, -0.2) is 29.6 Å². The van der Waals surface area contributed by atoms with Crippen molar-refractivity contribution in [2.75, 3.05) is 13.7 Å². The van der Waals surface area contributed by atoms with Gasteiger partial charge in [-0.05, 0) is 18.4 Å². The molecule has 0 unspecified atom stereocenters. The molecule has 4 heteroatoms. The van der Waals surface area contributed by atoms with Gasteiger partial charge in [-0.25, -0.2) is 0 Å². The van der Waals surface area contributed by atoms with Gasteiger partial charge >= 0.3 is 0 Å². The lowest BCUT2D eigenvalue weighted by atomic mass is 9.98. The summed E-state index contributed by atoms with van der Waals surface area (Å²) in [7, 11) is 1.55. The van der Waals surface area contributed by atoms with E-state index in [9.17, 15) is 9.90 Å². The molecule has 24 heavy (non-hydrogen) atoms.